The van der Waals surface area contributed by atoms with E-state index in [4.69, 9.17) is 10.5 Å². The van der Waals surface area contributed by atoms with Crippen LogP contribution >= 0.6 is 0 Å². The van der Waals surface area contributed by atoms with E-state index in [9.17, 15) is 4.79 Å². The molecule has 17 heavy (non-hydrogen) atoms. The summed E-state index contributed by atoms with van der Waals surface area (Å²) in [5, 5.41) is 2.88. The lowest BCUT2D eigenvalue weighted by Gasteiger charge is -2.13. The Labute approximate surface area is 105 Å². The molecule has 0 heterocycles. The molecule has 0 aliphatic rings. The van der Waals surface area contributed by atoms with Crippen LogP contribution in [0, 0.1) is 5.92 Å². The van der Waals surface area contributed by atoms with Gasteiger partial charge in [0.2, 0.25) is 5.91 Å². The first kappa shape index (κ1) is 16.0. The van der Waals surface area contributed by atoms with Crippen LogP contribution < -0.4 is 11.1 Å². The predicted octanol–water partition coefficient (Wildman–Crippen LogP) is 1.81. The molecular formula is C13H26N2O2. The van der Waals surface area contributed by atoms with Crippen molar-refractivity contribution in [1.29, 1.82) is 0 Å². The Morgan fingerprint density at radius 3 is 2.88 bits per heavy atom. The van der Waals surface area contributed by atoms with E-state index in [1.165, 1.54) is 6.26 Å². The van der Waals surface area contributed by atoms with E-state index >= 15 is 0 Å². The maximum atomic E-state index is 11.5. The number of carbonyl (C=O) groups excluding carboxylic acids is 1. The van der Waals surface area contributed by atoms with E-state index in [-0.39, 0.29) is 5.91 Å². The quantitative estimate of drug-likeness (QED) is 0.429. The highest BCUT2D eigenvalue weighted by molar-refractivity contribution is 5.75. The van der Waals surface area contributed by atoms with Crippen LogP contribution in [0.25, 0.3) is 0 Å². The molecule has 0 aromatic rings. The Balaban J connectivity index is 3.47. The van der Waals surface area contributed by atoms with Gasteiger partial charge in [0.1, 0.15) is 0 Å². The van der Waals surface area contributed by atoms with E-state index < -0.39 is 0 Å². The third-order valence-electron chi connectivity index (χ3n) is 2.81. The zero-order valence-electron chi connectivity index (χ0n) is 10.9. The highest BCUT2D eigenvalue weighted by atomic mass is 16.5. The minimum atomic E-state index is 0.124. The number of carbonyl (C=O) groups is 1. The largest absolute Gasteiger partial charge is 0.502 e. The van der Waals surface area contributed by atoms with E-state index in [0.717, 1.165) is 25.7 Å². The Morgan fingerprint density at radius 2 is 2.29 bits per heavy atom. The van der Waals surface area contributed by atoms with Crippen molar-refractivity contribution < 1.29 is 9.53 Å². The monoisotopic (exact) mass is 242 g/mol. The Kier molecular flexibility index (Phi) is 10.8. The summed E-state index contributed by atoms with van der Waals surface area (Å²) < 4.78 is 4.96. The summed E-state index contributed by atoms with van der Waals surface area (Å²) in [5.41, 5.74) is 5.52. The standard InChI is InChI=1S/C13H26N2O2/c1-3-12(8-9-14)6-7-13(16)15-10-5-11-17-4-2/h4,12H,2-3,5-11,14H2,1H3,(H,15,16). The van der Waals surface area contributed by atoms with Crippen molar-refractivity contribution in [3.8, 4) is 0 Å². The van der Waals surface area contributed by atoms with Crippen molar-refractivity contribution in [3.05, 3.63) is 12.8 Å². The molecule has 0 spiro atoms. The number of hydrogen-bond donors (Lipinski definition) is 2. The predicted molar refractivity (Wildman–Crippen MR) is 70.5 cm³/mol. The van der Waals surface area contributed by atoms with Crippen molar-refractivity contribution >= 4 is 5.91 Å². The molecule has 0 aromatic heterocycles. The summed E-state index contributed by atoms with van der Waals surface area (Å²) in [6.45, 7) is 7.57. The van der Waals surface area contributed by atoms with Crippen molar-refractivity contribution in [1.82, 2.24) is 5.32 Å². The molecule has 0 fully saturated rings. The fraction of sp³-hybridized carbons (Fsp3) is 0.769. The van der Waals surface area contributed by atoms with Crippen LogP contribution in [-0.2, 0) is 9.53 Å². The molecule has 0 aliphatic heterocycles. The summed E-state index contributed by atoms with van der Waals surface area (Å²) in [6, 6.07) is 0. The second-order valence-electron chi connectivity index (χ2n) is 4.13. The molecule has 0 rings (SSSR count). The molecule has 4 heteroatoms. The Hall–Kier alpha value is -1.03. The summed E-state index contributed by atoms with van der Waals surface area (Å²) in [7, 11) is 0. The fourth-order valence-electron chi connectivity index (χ4n) is 1.68. The van der Waals surface area contributed by atoms with E-state index in [0.29, 0.717) is 32.0 Å². The number of nitrogens with two attached hydrogens (primary N) is 1. The highest BCUT2D eigenvalue weighted by Crippen LogP contribution is 2.14. The summed E-state index contributed by atoms with van der Waals surface area (Å²) in [6.07, 6.45) is 5.87. The first-order chi connectivity index (χ1) is 8.24. The van der Waals surface area contributed by atoms with Gasteiger partial charge in [-0.15, -0.1) is 0 Å². The first-order valence-corrected chi connectivity index (χ1v) is 6.43. The van der Waals surface area contributed by atoms with E-state index in [1.807, 2.05) is 0 Å². The van der Waals surface area contributed by atoms with Crippen molar-refractivity contribution in [2.45, 2.75) is 39.0 Å². The lowest BCUT2D eigenvalue weighted by molar-refractivity contribution is -0.121. The maximum Gasteiger partial charge on any atom is 0.220 e. The molecule has 0 saturated carbocycles. The lowest BCUT2D eigenvalue weighted by atomic mass is 9.96. The van der Waals surface area contributed by atoms with Crippen LogP contribution in [0.15, 0.2) is 12.8 Å². The smallest absolute Gasteiger partial charge is 0.220 e. The first-order valence-electron chi connectivity index (χ1n) is 6.43. The topological polar surface area (TPSA) is 64.3 Å². The van der Waals surface area contributed by atoms with Gasteiger partial charge < -0.3 is 15.8 Å². The average molecular weight is 242 g/mol. The van der Waals surface area contributed by atoms with Gasteiger partial charge in [-0.1, -0.05) is 19.9 Å². The van der Waals surface area contributed by atoms with Gasteiger partial charge in [0.15, 0.2) is 0 Å². The number of amides is 1. The lowest BCUT2D eigenvalue weighted by Crippen LogP contribution is -2.25. The molecule has 0 aromatic carbocycles. The van der Waals surface area contributed by atoms with Crippen LogP contribution in [0.4, 0.5) is 0 Å². The van der Waals surface area contributed by atoms with Crippen molar-refractivity contribution in [2.75, 3.05) is 19.7 Å². The summed E-state index contributed by atoms with van der Waals surface area (Å²) in [4.78, 5) is 11.5. The molecule has 3 N–H and O–H groups in total. The molecular weight excluding hydrogens is 216 g/mol. The molecule has 1 atom stereocenters. The highest BCUT2D eigenvalue weighted by Gasteiger charge is 2.08. The van der Waals surface area contributed by atoms with Gasteiger partial charge in [0.05, 0.1) is 12.9 Å². The molecule has 100 valence electrons. The Bertz CT molecular complexity index is 208. The SMILES string of the molecule is C=COCCCNC(=O)CCC(CC)CCN. The Morgan fingerprint density at radius 1 is 1.53 bits per heavy atom. The molecule has 1 unspecified atom stereocenters. The number of nitrogens with one attached hydrogen (secondary N) is 1. The molecule has 0 aliphatic carbocycles. The normalized spacial score (nSPS) is 11.9. The molecule has 4 nitrogen and oxygen atoms in total. The second-order valence-corrected chi connectivity index (χ2v) is 4.13. The number of ether oxygens (including phenoxy) is 1. The van der Waals surface area contributed by atoms with Crippen LogP contribution in [0.3, 0.4) is 0 Å². The van der Waals surface area contributed by atoms with Gasteiger partial charge in [0, 0.05) is 13.0 Å². The summed E-state index contributed by atoms with van der Waals surface area (Å²) in [5.74, 6) is 0.703. The van der Waals surface area contributed by atoms with E-state index in [1.54, 1.807) is 0 Å². The van der Waals surface area contributed by atoms with Gasteiger partial charge in [-0.05, 0) is 31.7 Å². The van der Waals surface area contributed by atoms with Gasteiger partial charge in [-0.3, -0.25) is 4.79 Å². The van der Waals surface area contributed by atoms with Crippen molar-refractivity contribution in [2.24, 2.45) is 11.7 Å². The summed E-state index contributed by atoms with van der Waals surface area (Å²) >= 11 is 0. The molecule has 1 amide bonds. The second kappa shape index (κ2) is 11.5. The zero-order chi connectivity index (χ0) is 12.9. The minimum Gasteiger partial charge on any atom is -0.502 e. The van der Waals surface area contributed by atoms with E-state index in [2.05, 4.69) is 18.8 Å². The van der Waals surface area contributed by atoms with Crippen LogP contribution in [-0.4, -0.2) is 25.6 Å². The average Bonchev–Trinajstić information content (AvgIpc) is 2.34. The fourth-order valence-corrected chi connectivity index (χ4v) is 1.68. The minimum absolute atomic E-state index is 0.124. The zero-order valence-corrected chi connectivity index (χ0v) is 10.9. The van der Waals surface area contributed by atoms with Gasteiger partial charge in [-0.2, -0.15) is 0 Å². The molecule has 0 saturated heterocycles. The van der Waals surface area contributed by atoms with Crippen LogP contribution in [0.2, 0.25) is 0 Å². The molecule has 0 radical (unpaired) electrons. The number of hydrogen-bond acceptors (Lipinski definition) is 3. The third-order valence-corrected chi connectivity index (χ3v) is 2.81. The van der Waals surface area contributed by atoms with Gasteiger partial charge >= 0.3 is 0 Å². The van der Waals surface area contributed by atoms with Gasteiger partial charge in [0.25, 0.3) is 0 Å². The van der Waals surface area contributed by atoms with Crippen molar-refractivity contribution in [3.63, 3.8) is 0 Å². The van der Waals surface area contributed by atoms with Crippen LogP contribution in [0.1, 0.15) is 39.0 Å². The third kappa shape index (κ3) is 9.87. The van der Waals surface area contributed by atoms with Crippen LogP contribution in [0.5, 0.6) is 0 Å². The van der Waals surface area contributed by atoms with Gasteiger partial charge in [-0.25, -0.2) is 0 Å². The maximum absolute atomic E-state index is 11.5. The molecule has 0 bridgehead atoms. The number of rotatable bonds is 11.